The second kappa shape index (κ2) is 5.99. The van der Waals surface area contributed by atoms with Crippen LogP contribution in [-0.2, 0) is 6.54 Å². The van der Waals surface area contributed by atoms with Crippen LogP contribution in [0, 0.1) is 6.92 Å². The molecule has 0 spiro atoms. The van der Waals surface area contributed by atoms with Gasteiger partial charge in [0.15, 0.2) is 0 Å². The largest absolute Gasteiger partial charge is 0.355 e. The highest BCUT2D eigenvalue weighted by Crippen LogP contribution is 2.22. The molecule has 0 saturated heterocycles. The highest BCUT2D eigenvalue weighted by Gasteiger charge is 2.10. The summed E-state index contributed by atoms with van der Waals surface area (Å²) in [6, 6.07) is 8.23. The van der Waals surface area contributed by atoms with E-state index < -0.39 is 0 Å². The number of aromatic nitrogens is 2. The lowest BCUT2D eigenvalue weighted by Gasteiger charge is -2.21. The van der Waals surface area contributed by atoms with Gasteiger partial charge in [-0.2, -0.15) is 0 Å². The third kappa shape index (κ3) is 3.21. The van der Waals surface area contributed by atoms with Gasteiger partial charge in [-0.3, -0.25) is 0 Å². The van der Waals surface area contributed by atoms with Crippen LogP contribution in [0.25, 0.3) is 0 Å². The van der Waals surface area contributed by atoms with Gasteiger partial charge in [-0.15, -0.1) is 0 Å². The number of rotatable bonds is 4. The predicted octanol–water partition coefficient (Wildman–Crippen LogP) is 2.47. The van der Waals surface area contributed by atoms with Gasteiger partial charge in [-0.25, -0.2) is 15.8 Å². The summed E-state index contributed by atoms with van der Waals surface area (Å²) in [4.78, 5) is 10.5. The van der Waals surface area contributed by atoms with Crippen LogP contribution in [0.2, 0.25) is 0 Å². The van der Waals surface area contributed by atoms with Crippen LogP contribution in [0.5, 0.6) is 0 Å². The lowest BCUT2D eigenvalue weighted by molar-refractivity contribution is 0.882. The number of hydrazine groups is 1. The average Bonchev–Trinajstić information content (AvgIpc) is 2.41. The molecule has 0 aliphatic carbocycles. The second-order valence-corrected chi connectivity index (χ2v) is 5.21. The van der Waals surface area contributed by atoms with Crippen molar-refractivity contribution in [1.29, 1.82) is 0 Å². The minimum absolute atomic E-state index is 0.646. The number of hydrogen-bond donors (Lipinski definition) is 2. The third-order valence-corrected chi connectivity index (χ3v) is 3.42. The summed E-state index contributed by atoms with van der Waals surface area (Å²) in [5.74, 6) is 6.94. The number of nitrogens with one attached hydrogen (secondary N) is 1. The maximum absolute atomic E-state index is 5.42. The van der Waals surface area contributed by atoms with Crippen molar-refractivity contribution >= 4 is 27.6 Å². The van der Waals surface area contributed by atoms with Gasteiger partial charge in [0.05, 0.1) is 0 Å². The van der Waals surface area contributed by atoms with Crippen LogP contribution in [0.1, 0.15) is 11.1 Å². The van der Waals surface area contributed by atoms with E-state index in [0.717, 1.165) is 22.4 Å². The summed E-state index contributed by atoms with van der Waals surface area (Å²) in [6.07, 6.45) is 1.51. The molecule has 2 rings (SSSR count). The summed E-state index contributed by atoms with van der Waals surface area (Å²) in [5.41, 5.74) is 4.73. The van der Waals surface area contributed by atoms with Gasteiger partial charge in [-0.05, 0) is 24.6 Å². The fraction of sp³-hybridized carbons (Fsp3) is 0.231. The molecule has 0 atom stereocenters. The molecule has 1 aromatic carbocycles. The Morgan fingerprint density at radius 1 is 1.26 bits per heavy atom. The van der Waals surface area contributed by atoms with E-state index in [-0.39, 0.29) is 0 Å². The first-order valence-corrected chi connectivity index (χ1v) is 6.65. The molecular weight excluding hydrogens is 306 g/mol. The third-order valence-electron chi connectivity index (χ3n) is 2.89. The van der Waals surface area contributed by atoms with E-state index in [1.54, 1.807) is 0 Å². The Balaban J connectivity index is 2.20. The molecule has 2 aromatic rings. The fourth-order valence-corrected chi connectivity index (χ4v) is 2.17. The Morgan fingerprint density at radius 2 is 1.95 bits per heavy atom. The molecule has 0 radical (unpaired) electrons. The van der Waals surface area contributed by atoms with Gasteiger partial charge >= 0.3 is 0 Å². The van der Waals surface area contributed by atoms with Crippen molar-refractivity contribution in [2.45, 2.75) is 13.5 Å². The van der Waals surface area contributed by atoms with Crippen LogP contribution in [0.15, 0.2) is 35.1 Å². The van der Waals surface area contributed by atoms with Gasteiger partial charge in [0.25, 0.3) is 0 Å². The molecule has 0 bridgehead atoms. The van der Waals surface area contributed by atoms with E-state index >= 15 is 0 Å². The first-order chi connectivity index (χ1) is 9.11. The first-order valence-electron chi connectivity index (χ1n) is 5.85. The lowest BCUT2D eigenvalue weighted by atomic mass is 10.2. The number of anilines is 2. The summed E-state index contributed by atoms with van der Waals surface area (Å²) in [7, 11) is 2.00. The molecule has 19 heavy (non-hydrogen) atoms. The standard InChI is InChI=1S/C13H16BrN5/c1-9-12(18-15)16-8-17-13(9)19(2)7-10-3-5-11(14)6-4-10/h3-6,8H,7,15H2,1-2H3,(H,16,17,18). The zero-order valence-electron chi connectivity index (χ0n) is 10.9. The number of benzene rings is 1. The van der Waals surface area contributed by atoms with Gasteiger partial charge < -0.3 is 10.3 Å². The van der Waals surface area contributed by atoms with Crippen LogP contribution in [0.3, 0.4) is 0 Å². The van der Waals surface area contributed by atoms with Gasteiger partial charge in [0, 0.05) is 23.6 Å². The molecule has 0 saturated carbocycles. The van der Waals surface area contributed by atoms with Crippen molar-refractivity contribution < 1.29 is 0 Å². The topological polar surface area (TPSA) is 67.1 Å². The SMILES string of the molecule is Cc1c(NN)ncnc1N(C)Cc1ccc(Br)cc1. The monoisotopic (exact) mass is 321 g/mol. The molecule has 5 nitrogen and oxygen atoms in total. The van der Waals surface area contributed by atoms with Crippen molar-refractivity contribution in [1.82, 2.24) is 9.97 Å². The number of hydrogen-bond acceptors (Lipinski definition) is 5. The Morgan fingerprint density at radius 3 is 2.58 bits per heavy atom. The van der Waals surface area contributed by atoms with Crippen molar-refractivity contribution in [2.24, 2.45) is 5.84 Å². The average molecular weight is 322 g/mol. The molecule has 0 amide bonds. The summed E-state index contributed by atoms with van der Waals surface area (Å²) in [5, 5.41) is 0. The Kier molecular flexibility index (Phi) is 4.34. The van der Waals surface area contributed by atoms with Crippen molar-refractivity contribution in [3.05, 3.63) is 46.2 Å². The lowest BCUT2D eigenvalue weighted by Crippen LogP contribution is -2.20. The molecule has 6 heteroatoms. The molecule has 0 fully saturated rings. The van der Waals surface area contributed by atoms with Crippen molar-refractivity contribution in [3.63, 3.8) is 0 Å². The number of nitrogens with two attached hydrogens (primary N) is 1. The van der Waals surface area contributed by atoms with E-state index in [0.29, 0.717) is 5.82 Å². The first kappa shape index (κ1) is 13.8. The van der Waals surface area contributed by atoms with E-state index in [4.69, 9.17) is 5.84 Å². The number of nitrogen functional groups attached to an aromatic ring is 1. The molecule has 1 heterocycles. The van der Waals surface area contributed by atoms with Gasteiger partial charge in [0.2, 0.25) is 0 Å². The van der Waals surface area contributed by atoms with Crippen molar-refractivity contribution in [2.75, 3.05) is 17.4 Å². The van der Waals surface area contributed by atoms with Crippen LogP contribution >= 0.6 is 15.9 Å². The van der Waals surface area contributed by atoms with Crippen LogP contribution < -0.4 is 16.2 Å². The molecule has 3 N–H and O–H groups in total. The fourth-order valence-electron chi connectivity index (χ4n) is 1.91. The maximum atomic E-state index is 5.42. The quantitative estimate of drug-likeness (QED) is 0.669. The highest BCUT2D eigenvalue weighted by atomic mass is 79.9. The Labute approximate surface area is 121 Å². The zero-order chi connectivity index (χ0) is 13.8. The molecule has 1 aromatic heterocycles. The van der Waals surface area contributed by atoms with E-state index in [2.05, 4.69) is 48.4 Å². The van der Waals surface area contributed by atoms with Gasteiger partial charge in [-0.1, -0.05) is 28.1 Å². The molecule has 0 aliphatic rings. The van der Waals surface area contributed by atoms with Crippen molar-refractivity contribution in [3.8, 4) is 0 Å². The highest BCUT2D eigenvalue weighted by molar-refractivity contribution is 9.10. The zero-order valence-corrected chi connectivity index (χ0v) is 12.5. The number of halogens is 1. The minimum atomic E-state index is 0.646. The molecular formula is C13H16BrN5. The second-order valence-electron chi connectivity index (χ2n) is 4.30. The van der Waals surface area contributed by atoms with E-state index in [1.165, 1.54) is 11.9 Å². The molecule has 100 valence electrons. The summed E-state index contributed by atoms with van der Waals surface area (Å²) < 4.78 is 1.08. The molecule has 0 aliphatic heterocycles. The minimum Gasteiger partial charge on any atom is -0.355 e. The molecule has 0 unspecified atom stereocenters. The predicted molar refractivity (Wildman–Crippen MR) is 80.8 cm³/mol. The smallest absolute Gasteiger partial charge is 0.148 e. The Bertz CT molecular complexity index is 555. The van der Waals surface area contributed by atoms with Crippen LogP contribution in [0.4, 0.5) is 11.6 Å². The van der Waals surface area contributed by atoms with E-state index in [9.17, 15) is 0 Å². The van der Waals surface area contributed by atoms with Crippen LogP contribution in [-0.4, -0.2) is 17.0 Å². The van der Waals surface area contributed by atoms with E-state index in [1.807, 2.05) is 26.1 Å². The summed E-state index contributed by atoms with van der Waals surface area (Å²) >= 11 is 3.43. The maximum Gasteiger partial charge on any atom is 0.148 e. The normalized spacial score (nSPS) is 10.3. The Hall–Kier alpha value is -1.66. The summed E-state index contributed by atoms with van der Waals surface area (Å²) in [6.45, 7) is 2.72. The number of nitrogens with zero attached hydrogens (tertiary/aromatic N) is 3. The van der Waals surface area contributed by atoms with Gasteiger partial charge in [0.1, 0.15) is 18.0 Å².